The summed E-state index contributed by atoms with van der Waals surface area (Å²) in [5.41, 5.74) is 2.54. The van der Waals surface area contributed by atoms with E-state index in [1.807, 2.05) is 26.0 Å². The summed E-state index contributed by atoms with van der Waals surface area (Å²) in [7, 11) is 0. The van der Waals surface area contributed by atoms with E-state index in [9.17, 15) is 13.2 Å². The number of hydrogen-bond acceptors (Lipinski definition) is 1. The summed E-state index contributed by atoms with van der Waals surface area (Å²) in [6, 6.07) is 9.54. The van der Waals surface area contributed by atoms with Crippen LogP contribution in [0.15, 0.2) is 40.9 Å². The number of aryl methyl sites for hydroxylation is 2. The SMILES string of the molecule is Cc1cc(C)c(NCc2ccccc2C(F)(F)F)c(Br)c1. The van der Waals surface area contributed by atoms with Crippen LogP contribution < -0.4 is 5.32 Å². The van der Waals surface area contributed by atoms with Gasteiger partial charge in [-0.25, -0.2) is 0 Å². The molecule has 1 nitrogen and oxygen atoms in total. The first kappa shape index (κ1) is 15.9. The maximum Gasteiger partial charge on any atom is 0.416 e. The fraction of sp³-hybridized carbons (Fsp3) is 0.250. The molecule has 0 heterocycles. The second-order valence-electron chi connectivity index (χ2n) is 4.95. The smallest absolute Gasteiger partial charge is 0.380 e. The average molecular weight is 358 g/mol. The number of halogens is 4. The molecule has 0 atom stereocenters. The Balaban J connectivity index is 2.26. The summed E-state index contributed by atoms with van der Waals surface area (Å²) in [4.78, 5) is 0. The van der Waals surface area contributed by atoms with Crippen LogP contribution in [0.4, 0.5) is 18.9 Å². The molecular weight excluding hydrogens is 343 g/mol. The first-order valence-electron chi connectivity index (χ1n) is 6.45. The molecule has 21 heavy (non-hydrogen) atoms. The highest BCUT2D eigenvalue weighted by Gasteiger charge is 2.32. The molecule has 0 bridgehead atoms. The number of anilines is 1. The highest BCUT2D eigenvalue weighted by molar-refractivity contribution is 9.10. The zero-order valence-corrected chi connectivity index (χ0v) is 13.3. The van der Waals surface area contributed by atoms with Gasteiger partial charge in [-0.15, -0.1) is 0 Å². The van der Waals surface area contributed by atoms with Crippen molar-refractivity contribution in [2.45, 2.75) is 26.6 Å². The van der Waals surface area contributed by atoms with Gasteiger partial charge in [-0.2, -0.15) is 13.2 Å². The molecule has 0 radical (unpaired) electrons. The van der Waals surface area contributed by atoms with Crippen molar-refractivity contribution in [3.63, 3.8) is 0 Å². The van der Waals surface area contributed by atoms with Gasteiger partial charge in [0, 0.05) is 11.0 Å². The third kappa shape index (κ3) is 3.79. The number of benzene rings is 2. The minimum absolute atomic E-state index is 0.123. The van der Waals surface area contributed by atoms with Gasteiger partial charge in [0.15, 0.2) is 0 Å². The lowest BCUT2D eigenvalue weighted by molar-refractivity contribution is -0.138. The van der Waals surface area contributed by atoms with Crippen molar-refractivity contribution in [3.8, 4) is 0 Å². The highest BCUT2D eigenvalue weighted by Crippen LogP contribution is 2.33. The van der Waals surface area contributed by atoms with E-state index in [1.165, 1.54) is 12.1 Å². The Morgan fingerprint density at radius 1 is 1.10 bits per heavy atom. The second-order valence-corrected chi connectivity index (χ2v) is 5.80. The lowest BCUT2D eigenvalue weighted by atomic mass is 10.1. The van der Waals surface area contributed by atoms with Gasteiger partial charge in [0.25, 0.3) is 0 Å². The third-order valence-electron chi connectivity index (χ3n) is 3.21. The topological polar surface area (TPSA) is 12.0 Å². The van der Waals surface area contributed by atoms with E-state index in [2.05, 4.69) is 21.2 Å². The van der Waals surface area contributed by atoms with Crippen LogP contribution in [0.3, 0.4) is 0 Å². The molecule has 1 N–H and O–H groups in total. The van der Waals surface area contributed by atoms with E-state index in [-0.39, 0.29) is 12.1 Å². The summed E-state index contributed by atoms with van der Waals surface area (Å²) >= 11 is 3.44. The zero-order chi connectivity index (χ0) is 15.6. The van der Waals surface area contributed by atoms with E-state index in [4.69, 9.17) is 0 Å². The molecule has 112 valence electrons. The molecule has 2 rings (SSSR count). The van der Waals surface area contributed by atoms with Crippen LogP contribution >= 0.6 is 15.9 Å². The predicted octanol–water partition coefficient (Wildman–Crippen LogP) is 5.70. The van der Waals surface area contributed by atoms with E-state index in [0.29, 0.717) is 0 Å². The summed E-state index contributed by atoms with van der Waals surface area (Å²) in [5.74, 6) is 0. The highest BCUT2D eigenvalue weighted by atomic mass is 79.9. The lowest BCUT2D eigenvalue weighted by Crippen LogP contribution is -2.12. The minimum atomic E-state index is -4.34. The van der Waals surface area contributed by atoms with Crippen LogP contribution in [0.2, 0.25) is 0 Å². The Kier molecular flexibility index (Phi) is 4.61. The summed E-state index contributed by atoms with van der Waals surface area (Å²) < 4.78 is 39.7. The van der Waals surface area contributed by atoms with E-state index in [1.54, 1.807) is 6.07 Å². The standard InChI is InChI=1S/C16H15BrF3N/c1-10-7-11(2)15(14(17)8-10)21-9-12-5-3-4-6-13(12)16(18,19)20/h3-8,21H,9H2,1-2H3. The molecule has 0 aliphatic rings. The monoisotopic (exact) mass is 357 g/mol. The molecule has 0 spiro atoms. The van der Waals surface area contributed by atoms with Crippen molar-refractivity contribution in [2.24, 2.45) is 0 Å². The van der Waals surface area contributed by atoms with Gasteiger partial charge >= 0.3 is 6.18 Å². The Bertz CT molecular complexity index is 627. The first-order valence-corrected chi connectivity index (χ1v) is 7.24. The van der Waals surface area contributed by atoms with Crippen molar-refractivity contribution < 1.29 is 13.2 Å². The predicted molar refractivity (Wildman–Crippen MR) is 82.4 cm³/mol. The first-order chi connectivity index (χ1) is 9.79. The van der Waals surface area contributed by atoms with Crippen molar-refractivity contribution in [3.05, 3.63) is 63.1 Å². The van der Waals surface area contributed by atoms with E-state index in [0.717, 1.165) is 27.4 Å². The third-order valence-corrected chi connectivity index (χ3v) is 3.84. The largest absolute Gasteiger partial charge is 0.416 e. The fourth-order valence-corrected chi connectivity index (χ4v) is 3.09. The number of nitrogens with one attached hydrogen (secondary N) is 1. The van der Waals surface area contributed by atoms with Crippen LogP contribution in [0.5, 0.6) is 0 Å². The van der Waals surface area contributed by atoms with E-state index >= 15 is 0 Å². The van der Waals surface area contributed by atoms with Crippen molar-refractivity contribution in [1.82, 2.24) is 0 Å². The van der Waals surface area contributed by atoms with Gasteiger partial charge in [0.1, 0.15) is 0 Å². The molecule has 2 aromatic carbocycles. The summed E-state index contributed by atoms with van der Waals surface area (Å²) in [5, 5.41) is 3.09. The van der Waals surface area contributed by atoms with Crippen molar-refractivity contribution in [2.75, 3.05) is 5.32 Å². The molecule has 0 aromatic heterocycles. The maximum atomic E-state index is 12.9. The molecule has 0 aliphatic carbocycles. The second kappa shape index (κ2) is 6.10. The molecule has 0 saturated heterocycles. The van der Waals surface area contributed by atoms with Gasteiger partial charge in [-0.3, -0.25) is 0 Å². The van der Waals surface area contributed by atoms with Crippen LogP contribution in [0, 0.1) is 13.8 Å². The zero-order valence-electron chi connectivity index (χ0n) is 11.7. The van der Waals surface area contributed by atoms with Gasteiger partial charge in [0.2, 0.25) is 0 Å². The molecule has 0 fully saturated rings. The molecule has 0 unspecified atom stereocenters. The van der Waals surface area contributed by atoms with Crippen molar-refractivity contribution in [1.29, 1.82) is 0 Å². The fourth-order valence-electron chi connectivity index (χ4n) is 2.27. The van der Waals surface area contributed by atoms with Gasteiger partial charge in [-0.05, 0) is 58.6 Å². The Labute approximate surface area is 130 Å². The number of rotatable bonds is 3. The Morgan fingerprint density at radius 3 is 2.38 bits per heavy atom. The van der Waals surface area contributed by atoms with Crippen LogP contribution in [-0.2, 0) is 12.7 Å². The summed E-state index contributed by atoms with van der Waals surface area (Å²) in [6.07, 6.45) is -4.34. The minimum Gasteiger partial charge on any atom is -0.380 e. The maximum absolute atomic E-state index is 12.9. The van der Waals surface area contributed by atoms with Crippen LogP contribution in [0.25, 0.3) is 0 Å². The Hall–Kier alpha value is -1.49. The van der Waals surface area contributed by atoms with Gasteiger partial charge < -0.3 is 5.32 Å². The molecule has 0 saturated carbocycles. The van der Waals surface area contributed by atoms with Gasteiger partial charge in [-0.1, -0.05) is 24.3 Å². The quantitative estimate of drug-likeness (QED) is 0.743. The van der Waals surface area contributed by atoms with Crippen LogP contribution in [-0.4, -0.2) is 0 Å². The molecule has 0 aliphatic heterocycles. The Morgan fingerprint density at radius 2 is 1.76 bits per heavy atom. The number of hydrogen-bond donors (Lipinski definition) is 1. The average Bonchev–Trinajstić information content (AvgIpc) is 2.36. The molecule has 2 aromatic rings. The van der Waals surface area contributed by atoms with Gasteiger partial charge in [0.05, 0.1) is 11.3 Å². The molecule has 5 heteroatoms. The summed E-state index contributed by atoms with van der Waals surface area (Å²) in [6.45, 7) is 4.02. The van der Waals surface area contributed by atoms with E-state index < -0.39 is 11.7 Å². The molecular formula is C16H15BrF3N. The number of alkyl halides is 3. The lowest BCUT2D eigenvalue weighted by Gasteiger charge is -2.16. The van der Waals surface area contributed by atoms with Crippen molar-refractivity contribution >= 4 is 21.6 Å². The normalized spacial score (nSPS) is 11.5. The van der Waals surface area contributed by atoms with Crippen LogP contribution in [0.1, 0.15) is 22.3 Å². The molecule has 0 amide bonds.